The van der Waals surface area contributed by atoms with Gasteiger partial charge in [0, 0.05) is 17.0 Å². The van der Waals surface area contributed by atoms with Gasteiger partial charge in [0.05, 0.1) is 25.8 Å². The highest BCUT2D eigenvalue weighted by atomic mass is 32.1. The van der Waals surface area contributed by atoms with Gasteiger partial charge in [-0.05, 0) is 45.0 Å². The lowest BCUT2D eigenvalue weighted by molar-refractivity contribution is -0.132. The van der Waals surface area contributed by atoms with Crippen molar-refractivity contribution in [2.24, 2.45) is 0 Å². The van der Waals surface area contributed by atoms with Crippen LogP contribution in [0.1, 0.15) is 36.8 Å². The van der Waals surface area contributed by atoms with Gasteiger partial charge in [0.1, 0.15) is 12.3 Å². The zero-order valence-electron chi connectivity index (χ0n) is 17.4. The molecule has 0 bridgehead atoms. The van der Waals surface area contributed by atoms with Crippen LogP contribution >= 0.6 is 11.3 Å². The summed E-state index contributed by atoms with van der Waals surface area (Å²) in [7, 11) is 1.55. The molecule has 0 saturated carbocycles. The third kappa shape index (κ3) is 6.82. The lowest BCUT2D eigenvalue weighted by Crippen LogP contribution is -2.42. The maximum Gasteiger partial charge on any atom is 0.254 e. The van der Waals surface area contributed by atoms with Gasteiger partial charge in [0.15, 0.2) is 5.13 Å². The zero-order valence-corrected chi connectivity index (χ0v) is 18.2. The zero-order chi connectivity index (χ0) is 22.1. The molecular formula is C20H26N4O5S. The van der Waals surface area contributed by atoms with E-state index in [-0.39, 0.29) is 36.7 Å². The molecule has 9 nitrogen and oxygen atoms in total. The van der Waals surface area contributed by atoms with E-state index in [4.69, 9.17) is 9.57 Å². The number of hydrogen-bond acceptors (Lipinski definition) is 7. The number of anilines is 1. The van der Waals surface area contributed by atoms with Crippen LogP contribution in [0.25, 0.3) is 0 Å². The van der Waals surface area contributed by atoms with Crippen molar-refractivity contribution in [1.82, 2.24) is 15.4 Å². The first-order valence-corrected chi connectivity index (χ1v) is 10.3. The van der Waals surface area contributed by atoms with Crippen LogP contribution in [0, 0.1) is 0 Å². The van der Waals surface area contributed by atoms with Gasteiger partial charge in [0.25, 0.3) is 5.91 Å². The summed E-state index contributed by atoms with van der Waals surface area (Å²) in [6.07, 6.45) is 0.0421. The summed E-state index contributed by atoms with van der Waals surface area (Å²) in [5, 5.41) is 4.73. The molecule has 0 spiro atoms. The number of nitrogens with zero attached hydrogens (tertiary/aromatic N) is 2. The Hall–Kier alpha value is -2.98. The molecule has 0 aliphatic rings. The fourth-order valence-electron chi connectivity index (χ4n) is 2.50. The van der Waals surface area contributed by atoms with Gasteiger partial charge >= 0.3 is 0 Å². The Bertz CT molecular complexity index is 866. The van der Waals surface area contributed by atoms with Crippen molar-refractivity contribution >= 4 is 34.2 Å². The van der Waals surface area contributed by atoms with Crippen LogP contribution in [0.3, 0.4) is 0 Å². The van der Waals surface area contributed by atoms with Crippen molar-refractivity contribution in [2.45, 2.75) is 33.2 Å². The predicted octanol–water partition coefficient (Wildman–Crippen LogP) is 2.25. The first kappa shape index (κ1) is 23.3. The number of carbonyl (C=O) groups excluding carboxylic acids is 3. The predicted molar refractivity (Wildman–Crippen MR) is 113 cm³/mol. The summed E-state index contributed by atoms with van der Waals surface area (Å²) in [6, 6.07) is 6.54. The van der Waals surface area contributed by atoms with Gasteiger partial charge in [-0.3, -0.25) is 19.2 Å². The third-order valence-corrected chi connectivity index (χ3v) is 4.81. The summed E-state index contributed by atoms with van der Waals surface area (Å²) in [5.41, 5.74) is 3.27. The fraction of sp³-hybridized carbons (Fsp3) is 0.400. The second kappa shape index (κ2) is 11.3. The van der Waals surface area contributed by atoms with E-state index in [2.05, 4.69) is 15.8 Å². The van der Waals surface area contributed by atoms with E-state index >= 15 is 0 Å². The monoisotopic (exact) mass is 434 g/mol. The summed E-state index contributed by atoms with van der Waals surface area (Å²) in [5.74, 6) is -0.300. The Morgan fingerprint density at radius 3 is 2.47 bits per heavy atom. The van der Waals surface area contributed by atoms with E-state index in [1.54, 1.807) is 43.7 Å². The van der Waals surface area contributed by atoms with Crippen molar-refractivity contribution in [3.63, 3.8) is 0 Å². The minimum atomic E-state index is -0.370. The van der Waals surface area contributed by atoms with Crippen molar-refractivity contribution in [3.05, 3.63) is 40.9 Å². The summed E-state index contributed by atoms with van der Waals surface area (Å²) < 4.78 is 5.11. The minimum absolute atomic E-state index is 0.0421. The molecule has 1 aromatic heterocycles. The topological polar surface area (TPSA) is 110 Å². The molecule has 1 aromatic carbocycles. The molecule has 0 saturated heterocycles. The molecule has 2 rings (SSSR count). The number of hydrogen-bond donors (Lipinski definition) is 2. The number of amides is 3. The summed E-state index contributed by atoms with van der Waals surface area (Å²) in [4.78, 5) is 47.5. The normalized spacial score (nSPS) is 10.6. The van der Waals surface area contributed by atoms with Gasteiger partial charge in [-0.1, -0.05) is 0 Å². The number of aromatic nitrogens is 1. The Kier molecular flexibility index (Phi) is 8.75. The number of methoxy groups -OCH3 is 1. The van der Waals surface area contributed by atoms with E-state index < -0.39 is 0 Å². The van der Waals surface area contributed by atoms with Gasteiger partial charge in [0.2, 0.25) is 11.8 Å². The third-order valence-electron chi connectivity index (χ3n) is 4.01. The Morgan fingerprint density at radius 2 is 1.87 bits per heavy atom. The van der Waals surface area contributed by atoms with E-state index in [0.717, 1.165) is 0 Å². The van der Waals surface area contributed by atoms with Gasteiger partial charge in [-0.15, -0.1) is 11.3 Å². The van der Waals surface area contributed by atoms with Crippen molar-refractivity contribution in [3.8, 4) is 5.75 Å². The van der Waals surface area contributed by atoms with Crippen LogP contribution < -0.4 is 15.5 Å². The highest BCUT2D eigenvalue weighted by Gasteiger charge is 2.22. The van der Waals surface area contributed by atoms with Crippen LogP contribution in [0.4, 0.5) is 5.13 Å². The van der Waals surface area contributed by atoms with E-state index in [9.17, 15) is 14.4 Å². The fourth-order valence-corrected chi connectivity index (χ4v) is 3.23. The van der Waals surface area contributed by atoms with Gasteiger partial charge in [-0.25, -0.2) is 10.5 Å². The number of carbonyl (C=O) groups is 3. The average Bonchev–Trinajstić information content (AvgIpc) is 3.16. The highest BCUT2D eigenvalue weighted by Crippen LogP contribution is 2.17. The smallest absolute Gasteiger partial charge is 0.254 e. The van der Waals surface area contributed by atoms with Crippen LogP contribution in [0.5, 0.6) is 5.75 Å². The van der Waals surface area contributed by atoms with Crippen LogP contribution in [-0.2, 0) is 20.8 Å². The van der Waals surface area contributed by atoms with Crippen molar-refractivity contribution in [2.75, 3.05) is 25.6 Å². The molecule has 1 heterocycles. The number of rotatable bonds is 10. The molecule has 2 aromatic rings. The summed E-state index contributed by atoms with van der Waals surface area (Å²) in [6.45, 7) is 5.69. The standard InChI is InChI=1S/C20H26N4O5S/c1-5-29-23-17(25)10-15-12-30-20(21-15)22-18(26)11-24(13(2)3)19(27)14-6-8-16(28-4)9-7-14/h6-9,12-13H,5,10-11H2,1-4H3,(H,23,25)(H,21,22,26). The van der Waals surface area contributed by atoms with Gasteiger partial charge < -0.3 is 15.0 Å². The number of benzene rings is 1. The van der Waals surface area contributed by atoms with Gasteiger partial charge in [-0.2, -0.15) is 0 Å². The number of hydroxylamine groups is 1. The quantitative estimate of drug-likeness (QED) is 0.555. The SMILES string of the molecule is CCONC(=O)Cc1csc(NC(=O)CN(C(=O)c2ccc(OC)cc2)C(C)C)n1. The number of ether oxygens (including phenoxy) is 1. The molecule has 10 heteroatoms. The molecule has 0 atom stereocenters. The molecule has 0 aliphatic heterocycles. The first-order valence-electron chi connectivity index (χ1n) is 9.44. The number of nitrogens with one attached hydrogen (secondary N) is 2. The lowest BCUT2D eigenvalue weighted by Gasteiger charge is -2.26. The number of thiazole rings is 1. The molecule has 3 amide bonds. The van der Waals surface area contributed by atoms with E-state index in [1.165, 1.54) is 16.2 Å². The minimum Gasteiger partial charge on any atom is -0.497 e. The average molecular weight is 435 g/mol. The van der Waals surface area contributed by atoms with E-state index in [1.807, 2.05) is 13.8 Å². The Balaban J connectivity index is 1.97. The highest BCUT2D eigenvalue weighted by molar-refractivity contribution is 7.13. The van der Waals surface area contributed by atoms with Crippen LogP contribution in [-0.4, -0.2) is 53.9 Å². The molecule has 0 unspecified atom stereocenters. The van der Waals surface area contributed by atoms with Crippen molar-refractivity contribution in [1.29, 1.82) is 0 Å². The maximum absolute atomic E-state index is 12.8. The molecule has 0 fully saturated rings. The molecule has 162 valence electrons. The molecule has 30 heavy (non-hydrogen) atoms. The Morgan fingerprint density at radius 1 is 1.17 bits per heavy atom. The molecule has 2 N–H and O–H groups in total. The Labute approximate surface area is 179 Å². The maximum atomic E-state index is 12.8. The second-order valence-corrected chi connectivity index (χ2v) is 7.44. The molecule has 0 aliphatic carbocycles. The second-order valence-electron chi connectivity index (χ2n) is 6.58. The van der Waals surface area contributed by atoms with Crippen LogP contribution in [0.15, 0.2) is 29.6 Å². The molecular weight excluding hydrogens is 408 g/mol. The lowest BCUT2D eigenvalue weighted by atomic mass is 10.1. The summed E-state index contributed by atoms with van der Waals surface area (Å²) >= 11 is 1.21. The first-order chi connectivity index (χ1) is 14.3. The largest absolute Gasteiger partial charge is 0.497 e. The van der Waals surface area contributed by atoms with Crippen LogP contribution in [0.2, 0.25) is 0 Å². The molecule has 0 radical (unpaired) electrons. The van der Waals surface area contributed by atoms with Crippen molar-refractivity contribution < 1.29 is 24.0 Å². The van der Waals surface area contributed by atoms with E-state index in [0.29, 0.717) is 28.7 Å².